The zero-order valence-corrected chi connectivity index (χ0v) is 15.6. The van der Waals surface area contributed by atoms with Crippen molar-refractivity contribution in [2.24, 2.45) is 4.99 Å². The molecule has 0 saturated carbocycles. The summed E-state index contributed by atoms with van der Waals surface area (Å²) in [4.78, 5) is 28.7. The van der Waals surface area contributed by atoms with Crippen LogP contribution in [0.4, 0.5) is 0 Å². The first kappa shape index (κ1) is 17.9. The molecule has 0 aliphatic heterocycles. The molecule has 1 amide bonds. The number of aromatic carboxylic acids is 1. The average molecular weight is 388 g/mol. The summed E-state index contributed by atoms with van der Waals surface area (Å²) in [5, 5.41) is 13.5. The third-order valence-corrected chi connectivity index (χ3v) is 5.26. The number of hydrogen-bond acceptors (Lipinski definition) is 3. The van der Waals surface area contributed by atoms with E-state index in [1.807, 2.05) is 34.3 Å². The van der Waals surface area contributed by atoms with Crippen LogP contribution < -0.4 is 4.80 Å². The quantitative estimate of drug-likeness (QED) is 0.570. The van der Waals surface area contributed by atoms with E-state index in [0.717, 1.165) is 16.3 Å². The maximum absolute atomic E-state index is 12.6. The standard InChI is InChI=1S/C22H16N2O3S/c25-20(18-10-3-4-11-19(18)21(26)27)23-22-24(12-13-28-22)14-16-8-5-7-15-6-1-2-9-17(15)16/h1-13H,14H2,(H,26,27). The van der Waals surface area contributed by atoms with Crippen LogP contribution in [0, 0.1) is 0 Å². The third-order valence-electron chi connectivity index (χ3n) is 4.47. The van der Waals surface area contributed by atoms with Gasteiger partial charge in [-0.15, -0.1) is 11.3 Å². The minimum atomic E-state index is -1.14. The number of hydrogen-bond donors (Lipinski definition) is 1. The molecular weight excluding hydrogens is 372 g/mol. The molecule has 3 aromatic carbocycles. The Bertz CT molecular complexity index is 1250. The molecule has 1 heterocycles. The second kappa shape index (κ2) is 7.62. The Morgan fingerprint density at radius 2 is 1.64 bits per heavy atom. The van der Waals surface area contributed by atoms with Gasteiger partial charge in [0.15, 0.2) is 4.80 Å². The van der Waals surface area contributed by atoms with Crippen molar-refractivity contribution < 1.29 is 14.7 Å². The van der Waals surface area contributed by atoms with Gasteiger partial charge >= 0.3 is 5.97 Å². The van der Waals surface area contributed by atoms with Crippen molar-refractivity contribution in [2.45, 2.75) is 6.54 Å². The number of fused-ring (bicyclic) bond motifs is 1. The molecule has 0 spiro atoms. The van der Waals surface area contributed by atoms with Gasteiger partial charge in [0.25, 0.3) is 5.91 Å². The Kier molecular flexibility index (Phi) is 4.87. The molecule has 0 unspecified atom stereocenters. The van der Waals surface area contributed by atoms with Crippen molar-refractivity contribution in [3.05, 3.63) is 99.8 Å². The van der Waals surface area contributed by atoms with E-state index in [9.17, 15) is 14.7 Å². The van der Waals surface area contributed by atoms with Gasteiger partial charge in [-0.2, -0.15) is 4.99 Å². The number of carboxylic acids is 1. The lowest BCUT2D eigenvalue weighted by Crippen LogP contribution is -2.18. The number of carboxylic acid groups (broad SMARTS) is 1. The molecule has 0 atom stereocenters. The Balaban J connectivity index is 1.72. The lowest BCUT2D eigenvalue weighted by atomic mass is 10.0. The minimum absolute atomic E-state index is 0.0478. The van der Waals surface area contributed by atoms with Crippen molar-refractivity contribution >= 4 is 34.0 Å². The summed E-state index contributed by atoms with van der Waals surface area (Å²) in [6, 6.07) is 20.4. The highest BCUT2D eigenvalue weighted by Gasteiger charge is 2.15. The Hall–Kier alpha value is -3.51. The number of amides is 1. The van der Waals surface area contributed by atoms with Gasteiger partial charge in [-0.1, -0.05) is 54.6 Å². The fraction of sp³-hybridized carbons (Fsp3) is 0.0455. The highest BCUT2D eigenvalue weighted by atomic mass is 32.1. The van der Waals surface area contributed by atoms with Gasteiger partial charge in [0.1, 0.15) is 0 Å². The van der Waals surface area contributed by atoms with Crippen LogP contribution in [-0.4, -0.2) is 21.6 Å². The van der Waals surface area contributed by atoms with Crippen LogP contribution in [0.2, 0.25) is 0 Å². The fourth-order valence-corrected chi connectivity index (χ4v) is 3.85. The van der Waals surface area contributed by atoms with Gasteiger partial charge in [0, 0.05) is 11.6 Å². The van der Waals surface area contributed by atoms with Crippen LogP contribution in [0.1, 0.15) is 26.3 Å². The first-order chi connectivity index (χ1) is 13.6. The second-order valence-electron chi connectivity index (χ2n) is 6.22. The van der Waals surface area contributed by atoms with Crippen LogP contribution in [-0.2, 0) is 6.54 Å². The lowest BCUT2D eigenvalue weighted by molar-refractivity contribution is 0.0692. The number of thiazole rings is 1. The number of nitrogens with zero attached hydrogens (tertiary/aromatic N) is 2. The molecule has 0 bridgehead atoms. The van der Waals surface area contributed by atoms with Gasteiger partial charge in [-0.25, -0.2) is 4.79 Å². The molecule has 1 N–H and O–H groups in total. The van der Waals surface area contributed by atoms with E-state index < -0.39 is 11.9 Å². The van der Waals surface area contributed by atoms with Crippen LogP contribution in [0.3, 0.4) is 0 Å². The second-order valence-corrected chi connectivity index (χ2v) is 7.09. The summed E-state index contributed by atoms with van der Waals surface area (Å²) in [6.45, 7) is 0.567. The predicted molar refractivity (Wildman–Crippen MR) is 109 cm³/mol. The van der Waals surface area contributed by atoms with Crippen LogP contribution in [0.15, 0.2) is 83.3 Å². The Morgan fingerprint density at radius 1 is 0.929 bits per heavy atom. The van der Waals surface area contributed by atoms with Gasteiger partial charge in [-0.3, -0.25) is 4.79 Å². The van der Waals surface area contributed by atoms with Crippen molar-refractivity contribution in [3.8, 4) is 0 Å². The number of carbonyl (C=O) groups excluding carboxylic acids is 1. The molecular formula is C22H16N2O3S. The van der Waals surface area contributed by atoms with E-state index in [-0.39, 0.29) is 11.1 Å². The SMILES string of the molecule is O=C(O)c1ccccc1C(=O)N=c1sccn1Cc1cccc2ccccc12. The van der Waals surface area contributed by atoms with Crippen LogP contribution >= 0.6 is 11.3 Å². The monoisotopic (exact) mass is 388 g/mol. The molecule has 0 aliphatic carbocycles. The Labute approximate surface area is 164 Å². The number of benzene rings is 3. The topological polar surface area (TPSA) is 71.7 Å². The lowest BCUT2D eigenvalue weighted by Gasteiger charge is -2.08. The van der Waals surface area contributed by atoms with Gasteiger partial charge in [0.05, 0.1) is 17.7 Å². The van der Waals surface area contributed by atoms with Gasteiger partial charge in [-0.05, 0) is 28.5 Å². The first-order valence-electron chi connectivity index (χ1n) is 8.65. The summed E-state index contributed by atoms with van der Waals surface area (Å²) in [6.07, 6.45) is 1.88. The van der Waals surface area contributed by atoms with E-state index in [1.165, 1.54) is 23.5 Å². The number of aromatic nitrogens is 1. The average Bonchev–Trinajstić information content (AvgIpc) is 3.14. The van der Waals surface area contributed by atoms with Crippen molar-refractivity contribution in [1.29, 1.82) is 0 Å². The highest BCUT2D eigenvalue weighted by Crippen LogP contribution is 2.19. The summed E-state index contributed by atoms with van der Waals surface area (Å²) in [5.41, 5.74) is 1.16. The maximum atomic E-state index is 12.6. The molecule has 0 radical (unpaired) electrons. The van der Waals surface area contributed by atoms with Gasteiger partial charge in [0.2, 0.25) is 0 Å². The highest BCUT2D eigenvalue weighted by molar-refractivity contribution is 7.07. The fourth-order valence-electron chi connectivity index (χ4n) is 3.12. The van der Waals surface area contributed by atoms with E-state index in [0.29, 0.717) is 11.3 Å². The summed E-state index contributed by atoms with van der Waals surface area (Å²) in [7, 11) is 0. The molecule has 28 heavy (non-hydrogen) atoms. The van der Waals surface area contributed by atoms with E-state index in [2.05, 4.69) is 29.3 Å². The van der Waals surface area contributed by atoms with Crippen molar-refractivity contribution in [1.82, 2.24) is 4.57 Å². The van der Waals surface area contributed by atoms with Gasteiger partial charge < -0.3 is 9.67 Å². The molecule has 6 heteroatoms. The number of rotatable bonds is 4. The molecule has 138 valence electrons. The zero-order valence-electron chi connectivity index (χ0n) is 14.8. The van der Waals surface area contributed by atoms with E-state index in [4.69, 9.17) is 0 Å². The molecule has 5 nitrogen and oxygen atoms in total. The van der Waals surface area contributed by atoms with E-state index in [1.54, 1.807) is 12.1 Å². The Morgan fingerprint density at radius 3 is 2.46 bits per heavy atom. The van der Waals surface area contributed by atoms with Crippen molar-refractivity contribution in [3.63, 3.8) is 0 Å². The maximum Gasteiger partial charge on any atom is 0.336 e. The summed E-state index contributed by atoms with van der Waals surface area (Å²) >= 11 is 1.34. The van der Waals surface area contributed by atoms with Crippen molar-refractivity contribution in [2.75, 3.05) is 0 Å². The number of carbonyl (C=O) groups is 2. The van der Waals surface area contributed by atoms with E-state index >= 15 is 0 Å². The largest absolute Gasteiger partial charge is 0.478 e. The normalized spacial score (nSPS) is 11.6. The molecule has 1 aromatic heterocycles. The predicted octanol–water partition coefficient (Wildman–Crippen LogP) is 4.19. The van der Waals surface area contributed by atoms with Crippen LogP contribution in [0.25, 0.3) is 10.8 Å². The minimum Gasteiger partial charge on any atom is -0.478 e. The molecule has 4 aromatic rings. The smallest absolute Gasteiger partial charge is 0.336 e. The first-order valence-corrected chi connectivity index (χ1v) is 9.53. The summed E-state index contributed by atoms with van der Waals surface area (Å²) in [5.74, 6) is -1.71. The molecule has 0 aliphatic rings. The molecule has 0 saturated heterocycles. The third kappa shape index (κ3) is 3.50. The molecule has 0 fully saturated rings. The zero-order chi connectivity index (χ0) is 19.5. The summed E-state index contributed by atoms with van der Waals surface area (Å²) < 4.78 is 1.90. The van der Waals surface area contributed by atoms with Crippen LogP contribution in [0.5, 0.6) is 0 Å². The molecule has 4 rings (SSSR count).